The van der Waals surface area contributed by atoms with Gasteiger partial charge in [-0.1, -0.05) is 70.4 Å². The Morgan fingerprint density at radius 1 is 0.833 bits per heavy atom. The van der Waals surface area contributed by atoms with Gasteiger partial charge < -0.3 is 5.11 Å². The van der Waals surface area contributed by atoms with Crippen molar-refractivity contribution in [3.8, 4) is 0 Å². The minimum absolute atomic E-state index is 0.258. The number of carboxylic acids is 1. The average Bonchev–Trinajstić information content (AvgIpc) is 2.34. The molecule has 0 saturated heterocycles. The van der Waals surface area contributed by atoms with Gasteiger partial charge in [-0.2, -0.15) is 0 Å². The number of hydrogen-bond acceptors (Lipinski definition) is 1. The Kier molecular flexibility index (Phi) is 13.6. The standard InChI is InChI=1S/C16H30O2/c1-2-3-4-5-6-7-8-9-10-11-12-13-14-15-16(17)18/h12-13H,2-11,14-15H2,1H3,(H,17,18)/b13-12-. The van der Waals surface area contributed by atoms with E-state index in [1.54, 1.807) is 0 Å². The first-order chi connectivity index (χ1) is 8.77. The summed E-state index contributed by atoms with van der Waals surface area (Å²) in [5, 5.41) is 8.46. The second-order valence-corrected chi connectivity index (χ2v) is 5.02. The van der Waals surface area contributed by atoms with Crippen LogP contribution in [0.3, 0.4) is 0 Å². The Hall–Kier alpha value is -0.790. The molecule has 0 aromatic rings. The molecule has 0 spiro atoms. The molecule has 0 amide bonds. The zero-order chi connectivity index (χ0) is 13.5. The van der Waals surface area contributed by atoms with Gasteiger partial charge >= 0.3 is 5.97 Å². The normalized spacial score (nSPS) is 11.2. The Morgan fingerprint density at radius 3 is 1.89 bits per heavy atom. The summed E-state index contributed by atoms with van der Waals surface area (Å²) in [4.78, 5) is 10.3. The Bertz CT molecular complexity index is 209. The lowest BCUT2D eigenvalue weighted by Gasteiger charge is -2.00. The van der Waals surface area contributed by atoms with E-state index in [-0.39, 0.29) is 6.42 Å². The van der Waals surface area contributed by atoms with Crippen molar-refractivity contribution in [3.63, 3.8) is 0 Å². The van der Waals surface area contributed by atoms with Crippen molar-refractivity contribution < 1.29 is 9.90 Å². The zero-order valence-electron chi connectivity index (χ0n) is 12.0. The van der Waals surface area contributed by atoms with Crippen molar-refractivity contribution in [3.05, 3.63) is 12.2 Å². The van der Waals surface area contributed by atoms with Gasteiger partial charge in [-0.05, 0) is 19.3 Å². The van der Waals surface area contributed by atoms with Gasteiger partial charge in [0.05, 0.1) is 0 Å². The van der Waals surface area contributed by atoms with Gasteiger partial charge in [-0.15, -0.1) is 0 Å². The lowest BCUT2D eigenvalue weighted by atomic mass is 10.1. The fraction of sp³-hybridized carbons (Fsp3) is 0.812. The van der Waals surface area contributed by atoms with Crippen molar-refractivity contribution in [2.75, 3.05) is 0 Å². The maximum absolute atomic E-state index is 10.3. The van der Waals surface area contributed by atoms with Crippen LogP contribution in [-0.2, 0) is 4.79 Å². The van der Waals surface area contributed by atoms with E-state index >= 15 is 0 Å². The highest BCUT2D eigenvalue weighted by Crippen LogP contribution is 2.10. The molecule has 106 valence electrons. The molecule has 2 nitrogen and oxygen atoms in total. The molecule has 2 heteroatoms. The van der Waals surface area contributed by atoms with Crippen molar-refractivity contribution in [2.24, 2.45) is 0 Å². The SMILES string of the molecule is CCCCCCCCCCC/C=C\CCC(=O)O. The first-order valence-corrected chi connectivity index (χ1v) is 7.64. The third-order valence-corrected chi connectivity index (χ3v) is 3.17. The average molecular weight is 254 g/mol. The smallest absolute Gasteiger partial charge is 0.303 e. The van der Waals surface area contributed by atoms with Crippen molar-refractivity contribution in [1.82, 2.24) is 0 Å². The summed E-state index contributed by atoms with van der Waals surface area (Å²) in [6.07, 6.45) is 18.4. The first-order valence-electron chi connectivity index (χ1n) is 7.64. The Labute approximate surface area is 112 Å². The molecule has 0 aromatic carbocycles. The quantitative estimate of drug-likeness (QED) is 0.356. The molecule has 0 aliphatic rings. The van der Waals surface area contributed by atoms with E-state index in [1.165, 1.54) is 57.8 Å². The summed E-state index contributed by atoms with van der Waals surface area (Å²) in [5.41, 5.74) is 0. The fourth-order valence-electron chi connectivity index (χ4n) is 2.02. The topological polar surface area (TPSA) is 37.3 Å². The molecule has 0 fully saturated rings. The molecule has 0 aromatic heterocycles. The van der Waals surface area contributed by atoms with E-state index in [0.29, 0.717) is 6.42 Å². The van der Waals surface area contributed by atoms with Crippen LogP contribution in [0.4, 0.5) is 0 Å². The first kappa shape index (κ1) is 17.2. The van der Waals surface area contributed by atoms with E-state index in [9.17, 15) is 4.79 Å². The summed E-state index contributed by atoms with van der Waals surface area (Å²) in [7, 11) is 0. The van der Waals surface area contributed by atoms with Crippen LogP contribution in [0.5, 0.6) is 0 Å². The molecule has 0 heterocycles. The van der Waals surface area contributed by atoms with Gasteiger partial charge in [0.1, 0.15) is 0 Å². The van der Waals surface area contributed by atoms with Crippen LogP contribution in [0.1, 0.15) is 84.0 Å². The second-order valence-electron chi connectivity index (χ2n) is 5.02. The monoisotopic (exact) mass is 254 g/mol. The molecule has 1 N–H and O–H groups in total. The Morgan fingerprint density at radius 2 is 1.33 bits per heavy atom. The van der Waals surface area contributed by atoms with Crippen LogP contribution in [-0.4, -0.2) is 11.1 Å². The molecule has 0 radical (unpaired) electrons. The minimum Gasteiger partial charge on any atom is -0.481 e. The fourth-order valence-corrected chi connectivity index (χ4v) is 2.02. The molecular formula is C16H30O2. The summed E-state index contributed by atoms with van der Waals surface area (Å²) in [6.45, 7) is 2.25. The van der Waals surface area contributed by atoms with Crippen LogP contribution in [0, 0.1) is 0 Å². The second kappa shape index (κ2) is 14.3. The van der Waals surface area contributed by atoms with Gasteiger partial charge in [0, 0.05) is 6.42 Å². The largest absolute Gasteiger partial charge is 0.481 e. The summed E-state index contributed by atoms with van der Waals surface area (Å²) in [5.74, 6) is -0.706. The minimum atomic E-state index is -0.706. The number of allylic oxidation sites excluding steroid dienone is 2. The highest BCUT2D eigenvalue weighted by atomic mass is 16.4. The van der Waals surface area contributed by atoms with E-state index in [0.717, 1.165) is 6.42 Å². The highest BCUT2D eigenvalue weighted by Gasteiger charge is 1.92. The number of carboxylic acid groups (broad SMARTS) is 1. The molecular weight excluding hydrogens is 224 g/mol. The number of aliphatic carboxylic acids is 1. The predicted octanol–water partition coefficient (Wildman–Crippen LogP) is 5.33. The maximum atomic E-state index is 10.3. The van der Waals surface area contributed by atoms with E-state index in [4.69, 9.17) is 5.11 Å². The number of hydrogen-bond donors (Lipinski definition) is 1. The lowest BCUT2D eigenvalue weighted by molar-refractivity contribution is -0.136. The third kappa shape index (κ3) is 15.2. The van der Waals surface area contributed by atoms with E-state index < -0.39 is 5.97 Å². The summed E-state index contributed by atoms with van der Waals surface area (Å²) < 4.78 is 0. The third-order valence-electron chi connectivity index (χ3n) is 3.17. The molecule has 0 unspecified atom stereocenters. The van der Waals surface area contributed by atoms with Crippen LogP contribution in [0.25, 0.3) is 0 Å². The molecule has 0 rings (SSSR count). The highest BCUT2D eigenvalue weighted by molar-refractivity contribution is 5.66. The van der Waals surface area contributed by atoms with Gasteiger partial charge in [-0.3, -0.25) is 4.79 Å². The molecule has 18 heavy (non-hydrogen) atoms. The van der Waals surface area contributed by atoms with Crippen LogP contribution in [0.2, 0.25) is 0 Å². The van der Waals surface area contributed by atoms with E-state index in [2.05, 4.69) is 13.0 Å². The van der Waals surface area contributed by atoms with Crippen molar-refractivity contribution >= 4 is 5.97 Å². The van der Waals surface area contributed by atoms with Crippen molar-refractivity contribution in [1.29, 1.82) is 0 Å². The molecule has 0 saturated carbocycles. The molecule has 0 atom stereocenters. The molecule has 0 aliphatic carbocycles. The molecule has 0 bridgehead atoms. The van der Waals surface area contributed by atoms with Crippen molar-refractivity contribution in [2.45, 2.75) is 84.0 Å². The van der Waals surface area contributed by atoms with E-state index in [1.807, 2.05) is 6.08 Å². The summed E-state index contributed by atoms with van der Waals surface area (Å²) >= 11 is 0. The maximum Gasteiger partial charge on any atom is 0.303 e. The Balaban J connectivity index is 3.04. The van der Waals surface area contributed by atoms with Gasteiger partial charge in [0.25, 0.3) is 0 Å². The van der Waals surface area contributed by atoms with Gasteiger partial charge in [-0.25, -0.2) is 0 Å². The van der Waals surface area contributed by atoms with Crippen LogP contribution >= 0.6 is 0 Å². The van der Waals surface area contributed by atoms with Gasteiger partial charge in [0.15, 0.2) is 0 Å². The lowest BCUT2D eigenvalue weighted by Crippen LogP contribution is -1.91. The zero-order valence-corrected chi connectivity index (χ0v) is 12.0. The molecule has 0 aliphatic heterocycles. The van der Waals surface area contributed by atoms with Crippen LogP contribution < -0.4 is 0 Å². The van der Waals surface area contributed by atoms with Gasteiger partial charge in [0.2, 0.25) is 0 Å². The number of carbonyl (C=O) groups is 1. The predicted molar refractivity (Wildman–Crippen MR) is 77.9 cm³/mol. The number of unbranched alkanes of at least 4 members (excludes halogenated alkanes) is 9. The number of rotatable bonds is 13. The van der Waals surface area contributed by atoms with Crippen LogP contribution in [0.15, 0.2) is 12.2 Å². The summed E-state index contributed by atoms with van der Waals surface area (Å²) in [6, 6.07) is 0.